The number of anilines is 1. The van der Waals surface area contributed by atoms with Crippen molar-refractivity contribution < 1.29 is 28.3 Å². The summed E-state index contributed by atoms with van der Waals surface area (Å²) < 4.78 is 19.4. The zero-order chi connectivity index (χ0) is 33.9. The zero-order valence-electron chi connectivity index (χ0n) is 27.4. The predicted octanol–water partition coefficient (Wildman–Crippen LogP) is 7.61. The minimum absolute atomic E-state index is 0.0916. The van der Waals surface area contributed by atoms with Gasteiger partial charge < -0.3 is 29.4 Å². The number of furan rings is 1. The monoisotopic (exact) mass is 699 g/mol. The summed E-state index contributed by atoms with van der Waals surface area (Å²) in [5.74, 6) is 1.29. The molecule has 2 fully saturated rings. The van der Waals surface area contributed by atoms with Crippen LogP contribution in [-0.2, 0) is 21.6 Å². The quantitative estimate of drug-likeness (QED) is 0.111. The molecule has 3 amide bonds. The number of ether oxygens (including phenoxy) is 2. The SMILES string of the molecule is Cc1c(C(=O)N2CCc3ccccc32)oc2ccc3c(c12)[C@@H](OC(=O)CCCC[C@@H]1SC[C@@H]2NC(=O)N[C@@H]21)C[C@](C)(c1ccc(Cl)cc1)O3. The van der Waals surface area contributed by atoms with E-state index in [1.165, 1.54) is 0 Å². The van der Waals surface area contributed by atoms with Gasteiger partial charge in [0.1, 0.15) is 23.0 Å². The lowest BCUT2D eigenvalue weighted by atomic mass is 9.83. The second-order valence-electron chi connectivity index (χ2n) is 13.6. The topological polar surface area (TPSA) is 110 Å². The highest BCUT2D eigenvalue weighted by atomic mass is 35.5. The predicted molar refractivity (Wildman–Crippen MR) is 190 cm³/mol. The van der Waals surface area contributed by atoms with Gasteiger partial charge in [-0.15, -0.1) is 0 Å². The van der Waals surface area contributed by atoms with Crippen LogP contribution in [0.3, 0.4) is 0 Å². The summed E-state index contributed by atoms with van der Waals surface area (Å²) in [5.41, 5.74) is 4.11. The Labute approximate surface area is 294 Å². The van der Waals surface area contributed by atoms with Gasteiger partial charge in [-0.1, -0.05) is 48.4 Å². The molecule has 5 atom stereocenters. The first-order chi connectivity index (χ1) is 23.7. The molecule has 0 spiro atoms. The van der Waals surface area contributed by atoms with Crippen molar-refractivity contribution in [1.82, 2.24) is 10.6 Å². The van der Waals surface area contributed by atoms with Crippen LogP contribution in [0, 0.1) is 6.92 Å². The fraction of sp³-hybridized carbons (Fsp3) is 0.395. The number of urea groups is 1. The highest BCUT2D eigenvalue weighted by Crippen LogP contribution is 2.50. The molecular weight excluding hydrogens is 662 g/mol. The molecule has 4 aliphatic heterocycles. The van der Waals surface area contributed by atoms with E-state index in [0.717, 1.165) is 52.8 Å². The highest BCUT2D eigenvalue weighted by Gasteiger charge is 2.44. The molecule has 11 heteroatoms. The number of aryl methyl sites for hydroxylation is 1. The van der Waals surface area contributed by atoms with Gasteiger partial charge in [0.05, 0.1) is 12.1 Å². The number of thioether (sulfide) groups is 1. The van der Waals surface area contributed by atoms with Crippen LogP contribution < -0.4 is 20.3 Å². The second kappa shape index (κ2) is 12.6. The maximum absolute atomic E-state index is 13.9. The molecule has 4 aromatic rings. The van der Waals surface area contributed by atoms with Crippen molar-refractivity contribution in [2.75, 3.05) is 17.2 Å². The van der Waals surface area contributed by atoms with E-state index in [-0.39, 0.29) is 42.2 Å². The maximum atomic E-state index is 13.9. The minimum Gasteiger partial charge on any atom is -0.482 e. The summed E-state index contributed by atoms with van der Waals surface area (Å²) in [6.07, 6.45) is 3.26. The molecule has 1 aromatic heterocycles. The third kappa shape index (κ3) is 5.82. The van der Waals surface area contributed by atoms with E-state index in [1.807, 2.05) is 86.3 Å². The second-order valence-corrected chi connectivity index (χ2v) is 15.3. The van der Waals surface area contributed by atoms with E-state index in [0.29, 0.717) is 46.6 Å². The number of carbonyl (C=O) groups excluding carboxylic acids is 3. The number of hydrogen-bond acceptors (Lipinski definition) is 7. The fourth-order valence-electron chi connectivity index (χ4n) is 7.93. The standard InChI is InChI=1S/C38H38ClN3O6S/c1-21-32-27(47-35(21)36(44)42-18-17-22-7-3-4-8-26(22)42)15-16-28-33(32)29(19-38(2,48-28)23-11-13-24(39)14-12-23)46-31(43)10-6-5-9-30-34-25(20-49-30)40-37(45)41-34/h3-4,7-8,11-16,25,29-30,34H,5-6,9-10,17-20H2,1-2H3,(H2,40,41,45)/t25-,29-,30-,34-,38+/m0/s1. The number of esters is 1. The average Bonchev–Trinajstić information content (AvgIpc) is 3.86. The number of nitrogens with zero attached hydrogens (tertiary/aromatic N) is 1. The molecule has 3 aromatic carbocycles. The first-order valence-electron chi connectivity index (χ1n) is 17.0. The van der Waals surface area contributed by atoms with E-state index in [2.05, 4.69) is 10.6 Å². The van der Waals surface area contributed by atoms with E-state index in [4.69, 9.17) is 25.5 Å². The molecule has 4 aliphatic rings. The van der Waals surface area contributed by atoms with Gasteiger partial charge in [-0.25, -0.2) is 4.79 Å². The van der Waals surface area contributed by atoms with Gasteiger partial charge in [0.25, 0.3) is 5.91 Å². The molecule has 0 radical (unpaired) electrons. The Morgan fingerprint density at radius 1 is 1.08 bits per heavy atom. The zero-order valence-corrected chi connectivity index (χ0v) is 29.0. The summed E-state index contributed by atoms with van der Waals surface area (Å²) in [5, 5.41) is 7.72. The van der Waals surface area contributed by atoms with Gasteiger partial charge in [0.15, 0.2) is 5.76 Å². The lowest BCUT2D eigenvalue weighted by molar-refractivity contribution is -0.154. The van der Waals surface area contributed by atoms with Crippen LogP contribution in [0.5, 0.6) is 5.75 Å². The van der Waals surface area contributed by atoms with Crippen molar-refractivity contribution in [2.24, 2.45) is 0 Å². The Morgan fingerprint density at radius 2 is 1.90 bits per heavy atom. The molecular formula is C38H38ClN3O6S. The Bertz CT molecular complexity index is 1960. The van der Waals surface area contributed by atoms with E-state index in [1.54, 1.807) is 4.90 Å². The van der Waals surface area contributed by atoms with Crippen molar-refractivity contribution in [3.8, 4) is 5.75 Å². The molecule has 0 aliphatic carbocycles. The molecule has 0 unspecified atom stereocenters. The van der Waals surface area contributed by atoms with E-state index < -0.39 is 11.7 Å². The number of carbonyl (C=O) groups is 3. The lowest BCUT2D eigenvalue weighted by Gasteiger charge is -2.40. The van der Waals surface area contributed by atoms with Crippen LogP contribution in [0.2, 0.25) is 5.02 Å². The summed E-state index contributed by atoms with van der Waals surface area (Å²) in [6.45, 7) is 4.47. The normalized spacial score (nSPS) is 25.3. The van der Waals surface area contributed by atoms with E-state index in [9.17, 15) is 14.4 Å². The number of benzene rings is 3. The van der Waals surface area contributed by atoms with Gasteiger partial charge >= 0.3 is 12.0 Å². The Hall–Kier alpha value is -4.15. The summed E-state index contributed by atoms with van der Waals surface area (Å²) in [4.78, 5) is 41.0. The minimum atomic E-state index is -0.804. The molecule has 5 heterocycles. The third-order valence-corrected chi connectivity index (χ3v) is 12.2. The van der Waals surface area contributed by atoms with Gasteiger partial charge in [0, 0.05) is 57.6 Å². The van der Waals surface area contributed by atoms with E-state index >= 15 is 0 Å². The van der Waals surface area contributed by atoms with Crippen LogP contribution in [0.25, 0.3) is 11.0 Å². The van der Waals surface area contributed by atoms with Crippen LogP contribution in [0.15, 0.2) is 65.1 Å². The van der Waals surface area contributed by atoms with Gasteiger partial charge in [-0.3, -0.25) is 9.59 Å². The van der Waals surface area contributed by atoms with Gasteiger partial charge in [0.2, 0.25) is 0 Å². The molecule has 9 nitrogen and oxygen atoms in total. The molecule has 254 valence electrons. The largest absolute Gasteiger partial charge is 0.482 e. The molecule has 0 saturated carbocycles. The maximum Gasteiger partial charge on any atom is 0.315 e. The Kier molecular flexibility index (Phi) is 8.27. The fourth-order valence-corrected chi connectivity index (χ4v) is 9.60. The van der Waals surface area contributed by atoms with Crippen LogP contribution in [0.4, 0.5) is 10.5 Å². The van der Waals surface area contributed by atoms with Crippen molar-refractivity contribution in [1.29, 1.82) is 0 Å². The summed E-state index contributed by atoms with van der Waals surface area (Å²) in [6, 6.07) is 19.4. The van der Waals surface area contributed by atoms with Crippen molar-refractivity contribution >= 4 is 57.9 Å². The number of halogens is 1. The molecule has 49 heavy (non-hydrogen) atoms. The number of nitrogens with one attached hydrogen (secondary N) is 2. The number of rotatable bonds is 8. The third-order valence-electron chi connectivity index (χ3n) is 10.4. The van der Waals surface area contributed by atoms with Crippen LogP contribution >= 0.6 is 23.4 Å². The molecule has 8 rings (SSSR count). The number of para-hydroxylation sites is 1. The summed E-state index contributed by atoms with van der Waals surface area (Å²) >= 11 is 8.09. The Morgan fingerprint density at radius 3 is 2.73 bits per heavy atom. The van der Waals surface area contributed by atoms with Crippen LogP contribution in [0.1, 0.15) is 77.9 Å². The molecule has 2 N–H and O–H groups in total. The van der Waals surface area contributed by atoms with Gasteiger partial charge in [-0.05, 0) is 74.6 Å². The number of fused-ring (bicyclic) bond motifs is 5. The molecule has 0 bridgehead atoms. The highest BCUT2D eigenvalue weighted by molar-refractivity contribution is 8.00. The van der Waals surface area contributed by atoms with Gasteiger partial charge in [-0.2, -0.15) is 11.8 Å². The van der Waals surface area contributed by atoms with Crippen molar-refractivity contribution in [3.05, 3.63) is 93.7 Å². The summed E-state index contributed by atoms with van der Waals surface area (Å²) in [7, 11) is 0. The molecule has 2 saturated heterocycles. The average molecular weight is 700 g/mol. The first-order valence-corrected chi connectivity index (χ1v) is 18.4. The number of unbranched alkanes of at least 4 members (excludes halogenated alkanes) is 1. The first kappa shape index (κ1) is 32.1. The van der Waals surface area contributed by atoms with Crippen LogP contribution in [-0.4, -0.2) is 47.5 Å². The number of amides is 3. The van der Waals surface area contributed by atoms with Crippen molar-refractivity contribution in [2.45, 2.75) is 81.4 Å². The number of hydrogen-bond donors (Lipinski definition) is 2. The van der Waals surface area contributed by atoms with Crippen molar-refractivity contribution in [3.63, 3.8) is 0 Å². The smallest absolute Gasteiger partial charge is 0.315 e. The lowest BCUT2D eigenvalue weighted by Crippen LogP contribution is -2.37. The Balaban J connectivity index is 1.06.